The summed E-state index contributed by atoms with van der Waals surface area (Å²) in [5, 5.41) is 4.15. The van der Waals surface area contributed by atoms with E-state index in [1.807, 2.05) is 0 Å². The largest absolute Gasteiger partial charge is 0.342 e. The molecule has 7 nitrogen and oxygen atoms in total. The van der Waals surface area contributed by atoms with E-state index in [4.69, 9.17) is 0 Å². The highest BCUT2D eigenvalue weighted by Crippen LogP contribution is 2.39. The molecule has 0 bridgehead atoms. The van der Waals surface area contributed by atoms with Gasteiger partial charge in [-0.15, -0.1) is 0 Å². The molecule has 28 heavy (non-hydrogen) atoms. The second-order valence-corrected chi connectivity index (χ2v) is 8.88. The molecule has 150 valence electrons. The summed E-state index contributed by atoms with van der Waals surface area (Å²) in [6, 6.07) is 1.04. The Hall–Kier alpha value is -2.40. The number of aromatic nitrogens is 4. The molecule has 3 aromatic rings. The van der Waals surface area contributed by atoms with E-state index >= 15 is 0 Å². The number of sulfonamides is 1. The average molecular weight is 413 g/mol. The van der Waals surface area contributed by atoms with Crippen LogP contribution in [0.15, 0.2) is 23.5 Å². The lowest BCUT2D eigenvalue weighted by Crippen LogP contribution is -2.40. The molecule has 4 rings (SSSR count). The third-order valence-electron chi connectivity index (χ3n) is 5.16. The molecule has 11 heteroatoms. The van der Waals surface area contributed by atoms with Gasteiger partial charge in [-0.05, 0) is 31.5 Å². The summed E-state index contributed by atoms with van der Waals surface area (Å²) in [5.41, 5.74) is 0.972. The number of hydrogen-bond acceptors (Lipinski definition) is 4. The van der Waals surface area contributed by atoms with E-state index in [1.54, 1.807) is 14.0 Å². The number of alkyl halides is 2. The van der Waals surface area contributed by atoms with Crippen molar-refractivity contribution in [3.8, 4) is 11.4 Å². The van der Waals surface area contributed by atoms with Crippen LogP contribution >= 0.6 is 0 Å². The number of nitrogens with zero attached hydrogens (tertiary/aromatic N) is 4. The van der Waals surface area contributed by atoms with Crippen molar-refractivity contribution in [2.75, 3.05) is 6.54 Å². The van der Waals surface area contributed by atoms with Gasteiger partial charge in [0.2, 0.25) is 0 Å². The van der Waals surface area contributed by atoms with Crippen LogP contribution in [0.5, 0.6) is 0 Å². The molecule has 1 saturated heterocycles. The standard InChI is InChI=1S/C17H18F3N5O2S/c1-9-6-12(18)15-11(14(9)16-21-8-24(3)23-16)7-13(22-15)28(26,27)25-5-4-17(19,20)10(25)2/h6-8,10,22H,4-5H2,1-3H3. The number of aromatic amines is 1. The summed E-state index contributed by atoms with van der Waals surface area (Å²) < 4.78 is 70.4. The van der Waals surface area contributed by atoms with Gasteiger partial charge in [0.15, 0.2) is 5.82 Å². The van der Waals surface area contributed by atoms with Crippen molar-refractivity contribution < 1.29 is 21.6 Å². The van der Waals surface area contributed by atoms with Crippen molar-refractivity contribution >= 4 is 20.9 Å². The molecule has 1 atom stereocenters. The molecule has 0 spiro atoms. The molecule has 0 aliphatic carbocycles. The number of benzene rings is 1. The monoisotopic (exact) mass is 413 g/mol. The Bertz CT molecular complexity index is 1190. The lowest BCUT2D eigenvalue weighted by molar-refractivity contribution is -0.0152. The maximum atomic E-state index is 14.5. The number of halogens is 3. The smallest absolute Gasteiger partial charge is 0.265 e. The van der Waals surface area contributed by atoms with Crippen LogP contribution in [0.4, 0.5) is 13.2 Å². The molecule has 1 aromatic carbocycles. The first-order valence-electron chi connectivity index (χ1n) is 8.60. The minimum atomic E-state index is -4.26. The Labute approximate surface area is 159 Å². The molecule has 1 fully saturated rings. The van der Waals surface area contributed by atoms with E-state index in [0.717, 1.165) is 4.31 Å². The normalized spacial score (nSPS) is 20.3. The SMILES string of the molecule is Cc1cc(F)c2[nH]c(S(=O)(=O)N3CCC(F)(F)C3C)cc2c1-c1ncn(C)n1. The summed E-state index contributed by atoms with van der Waals surface area (Å²) in [5.74, 6) is -3.44. The number of hydrogen-bond donors (Lipinski definition) is 1. The number of nitrogens with one attached hydrogen (secondary N) is 1. The highest BCUT2D eigenvalue weighted by atomic mass is 32.2. The molecule has 0 saturated carbocycles. The maximum absolute atomic E-state index is 14.5. The van der Waals surface area contributed by atoms with Crippen LogP contribution in [0.3, 0.4) is 0 Å². The van der Waals surface area contributed by atoms with Gasteiger partial charge in [-0.2, -0.15) is 9.40 Å². The summed E-state index contributed by atoms with van der Waals surface area (Å²) in [7, 11) is -2.58. The number of H-pyrrole nitrogens is 1. The molecule has 1 N–H and O–H groups in total. The second-order valence-electron chi connectivity index (χ2n) is 7.02. The third-order valence-corrected chi connectivity index (χ3v) is 7.05. The Morgan fingerprint density at radius 1 is 1.32 bits per heavy atom. The van der Waals surface area contributed by atoms with E-state index in [0.29, 0.717) is 17.0 Å². The van der Waals surface area contributed by atoms with Gasteiger partial charge in [0.1, 0.15) is 17.2 Å². The van der Waals surface area contributed by atoms with Crippen LogP contribution < -0.4 is 0 Å². The maximum Gasteiger partial charge on any atom is 0.265 e. The van der Waals surface area contributed by atoms with Crippen LogP contribution in [0.1, 0.15) is 18.9 Å². The van der Waals surface area contributed by atoms with E-state index < -0.39 is 34.2 Å². The molecule has 0 amide bonds. The Balaban J connectivity index is 1.90. The first-order chi connectivity index (χ1) is 13.0. The molecule has 2 aromatic heterocycles. The predicted octanol–water partition coefficient (Wildman–Crippen LogP) is 2.83. The lowest BCUT2D eigenvalue weighted by atomic mass is 10.0. The Morgan fingerprint density at radius 3 is 2.61 bits per heavy atom. The highest BCUT2D eigenvalue weighted by Gasteiger charge is 2.51. The fraction of sp³-hybridized carbons (Fsp3) is 0.412. The van der Waals surface area contributed by atoms with E-state index in [9.17, 15) is 21.6 Å². The topological polar surface area (TPSA) is 83.9 Å². The quantitative estimate of drug-likeness (QED) is 0.716. The number of rotatable bonds is 3. The van der Waals surface area contributed by atoms with Gasteiger partial charge >= 0.3 is 0 Å². The fourth-order valence-corrected chi connectivity index (χ4v) is 5.23. The van der Waals surface area contributed by atoms with Crippen LogP contribution in [0.25, 0.3) is 22.3 Å². The first-order valence-corrected chi connectivity index (χ1v) is 10.0. The van der Waals surface area contributed by atoms with E-state index in [2.05, 4.69) is 15.1 Å². The van der Waals surface area contributed by atoms with Gasteiger partial charge in [-0.1, -0.05) is 0 Å². The summed E-state index contributed by atoms with van der Waals surface area (Å²) in [6.45, 7) is 2.53. The van der Waals surface area contributed by atoms with Crippen molar-refractivity contribution in [3.05, 3.63) is 29.8 Å². The summed E-state index contributed by atoms with van der Waals surface area (Å²) in [6.07, 6.45) is 0.923. The molecule has 1 unspecified atom stereocenters. The summed E-state index contributed by atoms with van der Waals surface area (Å²) >= 11 is 0. The van der Waals surface area contributed by atoms with Crippen molar-refractivity contribution in [1.82, 2.24) is 24.1 Å². The lowest BCUT2D eigenvalue weighted by Gasteiger charge is -2.22. The van der Waals surface area contributed by atoms with Gasteiger partial charge in [0, 0.05) is 31.0 Å². The van der Waals surface area contributed by atoms with Crippen LogP contribution in [0.2, 0.25) is 0 Å². The third kappa shape index (κ3) is 2.72. The average Bonchev–Trinajstić information content (AvgIpc) is 3.28. The zero-order valence-electron chi connectivity index (χ0n) is 15.4. The predicted molar refractivity (Wildman–Crippen MR) is 95.9 cm³/mol. The Morgan fingerprint density at radius 2 is 2.04 bits per heavy atom. The van der Waals surface area contributed by atoms with Gasteiger partial charge in [-0.25, -0.2) is 26.6 Å². The fourth-order valence-electron chi connectivity index (χ4n) is 3.58. The molecule has 1 aliphatic heterocycles. The van der Waals surface area contributed by atoms with Crippen molar-refractivity contribution in [3.63, 3.8) is 0 Å². The molecule has 3 heterocycles. The van der Waals surface area contributed by atoms with Gasteiger partial charge in [-0.3, -0.25) is 4.68 Å². The highest BCUT2D eigenvalue weighted by molar-refractivity contribution is 7.89. The Kier molecular flexibility index (Phi) is 4.09. The molecular weight excluding hydrogens is 395 g/mol. The zero-order chi connectivity index (χ0) is 20.4. The molecule has 1 aliphatic rings. The zero-order valence-corrected chi connectivity index (χ0v) is 16.2. The van der Waals surface area contributed by atoms with Gasteiger partial charge < -0.3 is 4.98 Å². The van der Waals surface area contributed by atoms with Crippen molar-refractivity contribution in [2.45, 2.75) is 37.3 Å². The van der Waals surface area contributed by atoms with E-state index in [-0.39, 0.29) is 22.5 Å². The van der Waals surface area contributed by atoms with Gasteiger partial charge in [0.05, 0.1) is 11.6 Å². The van der Waals surface area contributed by atoms with Crippen molar-refractivity contribution in [2.24, 2.45) is 7.05 Å². The van der Waals surface area contributed by atoms with Crippen LogP contribution in [-0.4, -0.2) is 51.0 Å². The number of fused-ring (bicyclic) bond motifs is 1. The minimum absolute atomic E-state index is 0.0368. The first kappa shape index (κ1) is 18.9. The van der Waals surface area contributed by atoms with Gasteiger partial charge in [0.25, 0.3) is 15.9 Å². The molecule has 0 radical (unpaired) electrons. The van der Waals surface area contributed by atoms with Crippen molar-refractivity contribution in [1.29, 1.82) is 0 Å². The molecular formula is C17H18F3N5O2S. The summed E-state index contributed by atoms with van der Waals surface area (Å²) in [4.78, 5) is 6.72. The van der Waals surface area contributed by atoms with Crippen LogP contribution in [0, 0.1) is 12.7 Å². The minimum Gasteiger partial charge on any atom is -0.342 e. The van der Waals surface area contributed by atoms with Crippen LogP contribution in [-0.2, 0) is 17.1 Å². The number of aryl methyl sites for hydroxylation is 2. The second kappa shape index (κ2) is 6.05. The van der Waals surface area contributed by atoms with E-state index in [1.165, 1.54) is 30.1 Å².